The highest BCUT2D eigenvalue weighted by Gasteiger charge is 2.16. The fourth-order valence-corrected chi connectivity index (χ4v) is 1.22. The van der Waals surface area contributed by atoms with E-state index in [0.717, 1.165) is 0 Å². The van der Waals surface area contributed by atoms with Gasteiger partial charge in [0.05, 0.1) is 12.2 Å². The minimum Gasteiger partial charge on any atom is -0.460 e. The Morgan fingerprint density at radius 3 is 2.28 bits per heavy atom. The molecule has 1 aromatic rings. The van der Waals surface area contributed by atoms with Gasteiger partial charge in [-0.25, -0.2) is 9.59 Å². The first-order valence-electron chi connectivity index (χ1n) is 5.18. The van der Waals surface area contributed by atoms with Crippen molar-refractivity contribution in [2.45, 2.75) is 6.92 Å². The maximum absolute atomic E-state index is 11.7. The van der Waals surface area contributed by atoms with Crippen LogP contribution in [0.5, 0.6) is 0 Å². The van der Waals surface area contributed by atoms with Crippen LogP contribution in [0.1, 0.15) is 17.3 Å². The number of carbonyl (C=O) groups excluding carboxylic acids is 2. The number of hydrogen-bond acceptors (Lipinski definition) is 6. The maximum atomic E-state index is 11.7. The van der Waals surface area contributed by atoms with Crippen LogP contribution >= 0.6 is 0 Å². The van der Waals surface area contributed by atoms with E-state index in [4.69, 9.17) is 16.2 Å². The van der Waals surface area contributed by atoms with Crippen LogP contribution in [0.15, 0.2) is 30.5 Å². The van der Waals surface area contributed by atoms with Crippen molar-refractivity contribution in [3.05, 3.63) is 36.1 Å². The van der Waals surface area contributed by atoms with E-state index in [1.54, 1.807) is 6.92 Å². The smallest absolute Gasteiger partial charge is 0.373 e. The maximum Gasteiger partial charge on any atom is 0.373 e. The fraction of sp³-hybridized carbons (Fsp3) is 0.167. The molecule has 0 atom stereocenters. The van der Waals surface area contributed by atoms with Gasteiger partial charge in [-0.2, -0.15) is 0 Å². The SMILES string of the molecule is C=C(OC(=O)c1cc(N)cc(N)c1)C(=O)OCC. The van der Waals surface area contributed by atoms with Crippen molar-refractivity contribution in [3.63, 3.8) is 0 Å². The molecule has 0 saturated carbocycles. The van der Waals surface area contributed by atoms with E-state index in [1.807, 2.05) is 0 Å². The number of nitrogens with two attached hydrogens (primary N) is 2. The van der Waals surface area contributed by atoms with Crippen molar-refractivity contribution < 1.29 is 19.1 Å². The summed E-state index contributed by atoms with van der Waals surface area (Å²) in [5.41, 5.74) is 11.9. The molecule has 0 spiro atoms. The van der Waals surface area contributed by atoms with Crippen molar-refractivity contribution in [2.24, 2.45) is 0 Å². The second-order valence-corrected chi connectivity index (χ2v) is 3.42. The van der Waals surface area contributed by atoms with Gasteiger partial charge in [-0.3, -0.25) is 0 Å². The zero-order chi connectivity index (χ0) is 13.7. The van der Waals surface area contributed by atoms with E-state index >= 15 is 0 Å². The molecule has 0 fully saturated rings. The third-order valence-corrected chi connectivity index (χ3v) is 1.93. The van der Waals surface area contributed by atoms with E-state index in [2.05, 4.69) is 11.3 Å². The van der Waals surface area contributed by atoms with Crippen LogP contribution in [-0.4, -0.2) is 18.5 Å². The standard InChI is InChI=1S/C12H14N2O4/c1-3-17-11(15)7(2)18-12(16)8-4-9(13)6-10(14)5-8/h4-6H,2-3,13-14H2,1H3. The molecule has 4 N–H and O–H groups in total. The average molecular weight is 250 g/mol. The Kier molecular flexibility index (Phi) is 4.31. The van der Waals surface area contributed by atoms with Crippen LogP contribution in [-0.2, 0) is 14.3 Å². The van der Waals surface area contributed by atoms with Crippen LogP contribution in [0.4, 0.5) is 11.4 Å². The largest absolute Gasteiger partial charge is 0.460 e. The van der Waals surface area contributed by atoms with Gasteiger partial charge in [0.15, 0.2) is 0 Å². The molecule has 0 bridgehead atoms. The van der Waals surface area contributed by atoms with Gasteiger partial charge in [0.25, 0.3) is 0 Å². The Morgan fingerprint density at radius 2 is 1.78 bits per heavy atom. The summed E-state index contributed by atoms with van der Waals surface area (Å²) in [4.78, 5) is 22.9. The van der Waals surface area contributed by atoms with Crippen LogP contribution in [0.3, 0.4) is 0 Å². The molecule has 96 valence electrons. The predicted octanol–water partition coefficient (Wildman–Crippen LogP) is 1.08. The number of rotatable bonds is 4. The molecule has 0 heterocycles. The molecule has 0 amide bonds. The van der Waals surface area contributed by atoms with E-state index in [1.165, 1.54) is 18.2 Å². The third-order valence-electron chi connectivity index (χ3n) is 1.93. The highest BCUT2D eigenvalue weighted by Crippen LogP contribution is 2.15. The highest BCUT2D eigenvalue weighted by atomic mass is 16.6. The molecule has 6 nitrogen and oxygen atoms in total. The van der Waals surface area contributed by atoms with Gasteiger partial charge in [-0.15, -0.1) is 0 Å². The number of carbonyl (C=O) groups is 2. The summed E-state index contributed by atoms with van der Waals surface area (Å²) in [7, 11) is 0. The first-order valence-corrected chi connectivity index (χ1v) is 5.18. The number of anilines is 2. The minimum absolute atomic E-state index is 0.137. The average Bonchev–Trinajstić information content (AvgIpc) is 2.27. The fourth-order valence-electron chi connectivity index (χ4n) is 1.22. The van der Waals surface area contributed by atoms with Gasteiger partial charge in [-0.05, 0) is 31.7 Å². The summed E-state index contributed by atoms with van der Waals surface area (Å²) in [5.74, 6) is -1.95. The van der Waals surface area contributed by atoms with Crippen LogP contribution in [0, 0.1) is 0 Å². The van der Waals surface area contributed by atoms with Crippen molar-refractivity contribution >= 4 is 23.3 Å². The van der Waals surface area contributed by atoms with E-state index in [9.17, 15) is 9.59 Å². The first kappa shape index (κ1) is 13.6. The molecule has 1 aromatic carbocycles. The Hall–Kier alpha value is -2.50. The van der Waals surface area contributed by atoms with Crippen LogP contribution in [0.25, 0.3) is 0 Å². The second-order valence-electron chi connectivity index (χ2n) is 3.42. The molecule has 0 radical (unpaired) electrons. The summed E-state index contributed by atoms with van der Waals surface area (Å²) in [5, 5.41) is 0. The Morgan fingerprint density at radius 1 is 1.22 bits per heavy atom. The lowest BCUT2D eigenvalue weighted by Gasteiger charge is -2.07. The Balaban J connectivity index is 2.76. The van der Waals surface area contributed by atoms with Crippen LogP contribution in [0.2, 0.25) is 0 Å². The zero-order valence-electron chi connectivity index (χ0n) is 9.93. The second kappa shape index (κ2) is 5.72. The third kappa shape index (κ3) is 3.51. The van der Waals surface area contributed by atoms with Gasteiger partial charge in [0.1, 0.15) is 0 Å². The number of hydrogen-bond donors (Lipinski definition) is 2. The lowest BCUT2D eigenvalue weighted by Crippen LogP contribution is -2.14. The summed E-state index contributed by atoms with van der Waals surface area (Å²) in [6.45, 7) is 5.10. The molecule has 0 saturated heterocycles. The molecule has 0 aliphatic carbocycles. The normalized spacial score (nSPS) is 9.61. The topological polar surface area (TPSA) is 105 Å². The van der Waals surface area contributed by atoms with Gasteiger partial charge < -0.3 is 20.9 Å². The van der Waals surface area contributed by atoms with E-state index in [-0.39, 0.29) is 17.9 Å². The molecule has 0 unspecified atom stereocenters. The number of nitrogen functional groups attached to an aromatic ring is 2. The van der Waals surface area contributed by atoms with Gasteiger partial charge in [0, 0.05) is 11.4 Å². The Labute approximate surface area is 104 Å². The summed E-state index contributed by atoms with van der Waals surface area (Å²) >= 11 is 0. The molecular formula is C12H14N2O4. The number of esters is 2. The highest BCUT2D eigenvalue weighted by molar-refractivity contribution is 5.96. The molecule has 18 heavy (non-hydrogen) atoms. The molecular weight excluding hydrogens is 236 g/mol. The number of ether oxygens (including phenoxy) is 2. The Bertz CT molecular complexity index is 477. The van der Waals surface area contributed by atoms with Crippen molar-refractivity contribution in [3.8, 4) is 0 Å². The summed E-state index contributed by atoms with van der Waals surface area (Å²) in [6, 6.07) is 4.27. The van der Waals surface area contributed by atoms with Gasteiger partial charge in [0.2, 0.25) is 5.76 Å². The van der Waals surface area contributed by atoms with Gasteiger partial charge >= 0.3 is 11.9 Å². The molecule has 0 aromatic heterocycles. The van der Waals surface area contributed by atoms with Crippen molar-refractivity contribution in [1.29, 1.82) is 0 Å². The van der Waals surface area contributed by atoms with Crippen LogP contribution < -0.4 is 11.5 Å². The van der Waals surface area contributed by atoms with Gasteiger partial charge in [-0.1, -0.05) is 0 Å². The quantitative estimate of drug-likeness (QED) is 0.358. The van der Waals surface area contributed by atoms with Crippen molar-refractivity contribution in [2.75, 3.05) is 18.1 Å². The molecule has 0 aliphatic heterocycles. The predicted molar refractivity (Wildman–Crippen MR) is 66.5 cm³/mol. The van der Waals surface area contributed by atoms with E-state index in [0.29, 0.717) is 11.4 Å². The molecule has 0 aliphatic rings. The monoisotopic (exact) mass is 250 g/mol. The lowest BCUT2D eigenvalue weighted by atomic mass is 10.2. The zero-order valence-corrected chi connectivity index (χ0v) is 9.93. The van der Waals surface area contributed by atoms with E-state index < -0.39 is 11.9 Å². The van der Waals surface area contributed by atoms with Crippen molar-refractivity contribution in [1.82, 2.24) is 0 Å². The summed E-state index contributed by atoms with van der Waals surface area (Å²) in [6.07, 6.45) is 0. The first-order chi connectivity index (χ1) is 8.43. The number of benzene rings is 1. The lowest BCUT2D eigenvalue weighted by molar-refractivity contribution is -0.141. The molecule has 1 rings (SSSR count). The summed E-state index contributed by atoms with van der Waals surface area (Å²) < 4.78 is 9.36. The molecule has 6 heteroatoms. The minimum atomic E-state index is -0.789.